The van der Waals surface area contributed by atoms with Crippen LogP contribution in [0.4, 0.5) is 0 Å². The van der Waals surface area contributed by atoms with Crippen molar-refractivity contribution < 1.29 is 5.11 Å². The number of aliphatic hydroxyl groups excluding tert-OH is 1. The van der Waals surface area contributed by atoms with Crippen molar-refractivity contribution >= 4 is 35.0 Å². The van der Waals surface area contributed by atoms with Gasteiger partial charge in [-0.3, -0.25) is 4.98 Å². The molecule has 0 radical (unpaired) electrons. The summed E-state index contributed by atoms with van der Waals surface area (Å²) in [6, 6.07) is 9.37. The maximum absolute atomic E-state index is 9.82. The number of rotatable bonds is 6. The van der Waals surface area contributed by atoms with Gasteiger partial charge in [-0.05, 0) is 35.7 Å². The van der Waals surface area contributed by atoms with Crippen LogP contribution in [0.3, 0.4) is 0 Å². The quantitative estimate of drug-likeness (QED) is 0.593. The molecule has 4 nitrogen and oxygen atoms in total. The first-order valence-electron chi connectivity index (χ1n) is 8.21. The van der Waals surface area contributed by atoms with Gasteiger partial charge in [0.05, 0.1) is 12.2 Å². The fraction of sp³-hybridized carbons (Fsp3) is 0.263. The average Bonchev–Trinajstić information content (AvgIpc) is 2.93. The Bertz CT molecular complexity index is 877. The molecule has 2 aromatic heterocycles. The molecular formula is C19H19Cl2N3OS. The maximum Gasteiger partial charge on any atom is 0.136 e. The van der Waals surface area contributed by atoms with Crippen LogP contribution in [0.1, 0.15) is 36.8 Å². The molecule has 0 saturated heterocycles. The molecule has 1 N–H and O–H groups in total. The van der Waals surface area contributed by atoms with Crippen LogP contribution in [0.25, 0.3) is 0 Å². The number of halogens is 2. The van der Waals surface area contributed by atoms with Gasteiger partial charge in [0.2, 0.25) is 0 Å². The molecule has 0 fully saturated rings. The Morgan fingerprint density at radius 3 is 2.50 bits per heavy atom. The van der Waals surface area contributed by atoms with Gasteiger partial charge in [-0.15, -0.1) is 0 Å². The molecule has 3 rings (SSSR count). The van der Waals surface area contributed by atoms with Crippen LogP contribution in [-0.4, -0.2) is 19.6 Å². The van der Waals surface area contributed by atoms with Crippen molar-refractivity contribution in [3.05, 3.63) is 69.9 Å². The van der Waals surface area contributed by atoms with Crippen LogP contribution >= 0.6 is 35.0 Å². The molecule has 0 amide bonds. The Hall–Kier alpha value is -1.53. The van der Waals surface area contributed by atoms with Crippen molar-refractivity contribution in [2.75, 3.05) is 0 Å². The van der Waals surface area contributed by atoms with Gasteiger partial charge in [0.25, 0.3) is 0 Å². The number of hydrogen-bond donors (Lipinski definition) is 1. The van der Waals surface area contributed by atoms with Crippen LogP contribution in [0.15, 0.2) is 52.6 Å². The number of benzene rings is 1. The lowest BCUT2D eigenvalue weighted by atomic mass is 10.1. The standard InChI is InChI=1S/C19H19Cl2N3OS/c1-12(2)18-19(26-16-7-14(20)6-15(21)8-16)24(17(11-25)23-18)10-13-4-3-5-22-9-13/h3-9,12,25H,10-11H2,1-2H3. The molecule has 0 aliphatic carbocycles. The van der Waals surface area contributed by atoms with Crippen molar-refractivity contribution in [3.8, 4) is 0 Å². The van der Waals surface area contributed by atoms with E-state index in [9.17, 15) is 5.11 Å². The zero-order chi connectivity index (χ0) is 18.7. The van der Waals surface area contributed by atoms with Crippen LogP contribution < -0.4 is 0 Å². The van der Waals surface area contributed by atoms with E-state index in [2.05, 4.69) is 23.8 Å². The lowest BCUT2D eigenvalue weighted by Gasteiger charge is -2.13. The number of hydrogen-bond acceptors (Lipinski definition) is 4. The molecule has 7 heteroatoms. The van der Waals surface area contributed by atoms with Crippen LogP contribution in [-0.2, 0) is 13.2 Å². The fourth-order valence-electron chi connectivity index (χ4n) is 2.64. The van der Waals surface area contributed by atoms with Gasteiger partial charge < -0.3 is 9.67 Å². The van der Waals surface area contributed by atoms with Gasteiger partial charge in [-0.1, -0.05) is 54.9 Å². The first-order valence-corrected chi connectivity index (χ1v) is 9.78. The van der Waals surface area contributed by atoms with Crippen molar-refractivity contribution in [2.45, 2.75) is 42.8 Å². The lowest BCUT2D eigenvalue weighted by Crippen LogP contribution is -2.07. The number of nitrogens with zero attached hydrogens (tertiary/aromatic N) is 3. The van der Waals surface area contributed by atoms with E-state index in [-0.39, 0.29) is 12.5 Å². The second-order valence-corrected chi connectivity index (χ2v) is 8.12. The summed E-state index contributed by atoms with van der Waals surface area (Å²) < 4.78 is 2.03. The summed E-state index contributed by atoms with van der Waals surface area (Å²) in [6.45, 7) is 4.64. The summed E-state index contributed by atoms with van der Waals surface area (Å²) in [5.41, 5.74) is 1.99. The minimum atomic E-state index is -0.128. The SMILES string of the molecule is CC(C)c1nc(CO)n(Cc2cccnc2)c1Sc1cc(Cl)cc(Cl)c1. The third-order valence-electron chi connectivity index (χ3n) is 3.83. The average molecular weight is 408 g/mol. The summed E-state index contributed by atoms with van der Waals surface area (Å²) in [7, 11) is 0. The molecule has 0 bridgehead atoms. The highest BCUT2D eigenvalue weighted by Crippen LogP contribution is 2.37. The smallest absolute Gasteiger partial charge is 0.136 e. The fourth-order valence-corrected chi connectivity index (χ4v) is 4.56. The minimum absolute atomic E-state index is 0.128. The van der Waals surface area contributed by atoms with Gasteiger partial charge in [-0.2, -0.15) is 0 Å². The lowest BCUT2D eigenvalue weighted by molar-refractivity contribution is 0.265. The molecule has 1 aromatic carbocycles. The molecular weight excluding hydrogens is 389 g/mol. The normalized spacial score (nSPS) is 11.3. The Kier molecular flexibility index (Phi) is 6.24. The largest absolute Gasteiger partial charge is 0.388 e. The summed E-state index contributed by atoms with van der Waals surface area (Å²) in [6.07, 6.45) is 3.56. The van der Waals surface area contributed by atoms with Gasteiger partial charge >= 0.3 is 0 Å². The number of aromatic nitrogens is 3. The molecule has 0 spiro atoms. The molecule has 3 aromatic rings. The highest BCUT2D eigenvalue weighted by Gasteiger charge is 2.20. The predicted octanol–water partition coefficient (Wildman–Crippen LogP) is 5.40. The second-order valence-electron chi connectivity index (χ2n) is 6.19. The molecule has 2 heterocycles. The van der Waals surface area contributed by atoms with Gasteiger partial charge in [0.15, 0.2) is 0 Å². The highest BCUT2D eigenvalue weighted by atomic mass is 35.5. The summed E-state index contributed by atoms with van der Waals surface area (Å²) >= 11 is 13.9. The summed E-state index contributed by atoms with van der Waals surface area (Å²) in [4.78, 5) is 9.78. The van der Waals surface area contributed by atoms with Crippen molar-refractivity contribution in [1.29, 1.82) is 0 Å². The van der Waals surface area contributed by atoms with Gasteiger partial charge in [0, 0.05) is 27.3 Å². The molecule has 136 valence electrons. The third-order valence-corrected chi connectivity index (χ3v) is 5.36. The second kappa shape index (κ2) is 8.44. The molecule has 0 saturated carbocycles. The van der Waals surface area contributed by atoms with Gasteiger partial charge in [0.1, 0.15) is 17.5 Å². The Labute approximate surface area is 167 Å². The Balaban J connectivity index is 2.07. The first kappa shape index (κ1) is 19.2. The van der Waals surface area contributed by atoms with E-state index < -0.39 is 0 Å². The number of aliphatic hydroxyl groups is 1. The zero-order valence-electron chi connectivity index (χ0n) is 14.5. The summed E-state index contributed by atoms with van der Waals surface area (Å²) in [5.74, 6) is 0.848. The van der Waals surface area contributed by atoms with E-state index in [0.29, 0.717) is 22.4 Å². The molecule has 0 aliphatic rings. The number of imidazole rings is 1. The van der Waals surface area contributed by atoms with Crippen LogP contribution in [0, 0.1) is 0 Å². The molecule has 0 aliphatic heterocycles. The monoisotopic (exact) mass is 407 g/mol. The molecule has 0 unspecified atom stereocenters. The molecule has 26 heavy (non-hydrogen) atoms. The van der Waals surface area contributed by atoms with E-state index in [1.807, 2.05) is 35.0 Å². The van der Waals surface area contributed by atoms with Crippen LogP contribution in [0.2, 0.25) is 10.0 Å². The third kappa shape index (κ3) is 4.41. The van der Waals surface area contributed by atoms with E-state index >= 15 is 0 Å². The van der Waals surface area contributed by atoms with Crippen molar-refractivity contribution in [2.24, 2.45) is 0 Å². The van der Waals surface area contributed by atoms with Crippen molar-refractivity contribution in [1.82, 2.24) is 14.5 Å². The number of pyridine rings is 1. The van der Waals surface area contributed by atoms with Crippen LogP contribution in [0.5, 0.6) is 0 Å². The van der Waals surface area contributed by atoms with E-state index in [1.165, 1.54) is 0 Å². The van der Waals surface area contributed by atoms with E-state index in [0.717, 1.165) is 21.2 Å². The maximum atomic E-state index is 9.82. The van der Waals surface area contributed by atoms with E-state index in [1.54, 1.807) is 24.0 Å². The Morgan fingerprint density at radius 1 is 1.19 bits per heavy atom. The minimum Gasteiger partial charge on any atom is -0.388 e. The predicted molar refractivity (Wildman–Crippen MR) is 106 cm³/mol. The Morgan fingerprint density at radius 2 is 1.92 bits per heavy atom. The topological polar surface area (TPSA) is 50.9 Å². The van der Waals surface area contributed by atoms with E-state index in [4.69, 9.17) is 23.2 Å². The molecule has 0 atom stereocenters. The van der Waals surface area contributed by atoms with Gasteiger partial charge in [-0.25, -0.2) is 4.98 Å². The van der Waals surface area contributed by atoms with Crippen molar-refractivity contribution in [3.63, 3.8) is 0 Å². The highest BCUT2D eigenvalue weighted by molar-refractivity contribution is 7.99. The summed E-state index contributed by atoms with van der Waals surface area (Å²) in [5, 5.41) is 12.0. The zero-order valence-corrected chi connectivity index (χ0v) is 16.8. The first-order chi connectivity index (χ1) is 12.5.